The number of benzene rings is 1. The number of hydrogen-bond donors (Lipinski definition) is 1. The van der Waals surface area contributed by atoms with Crippen LogP contribution in [0.4, 0.5) is 0 Å². The third-order valence-corrected chi connectivity index (χ3v) is 5.00. The zero-order valence-electron chi connectivity index (χ0n) is 17.7. The van der Waals surface area contributed by atoms with E-state index in [-0.39, 0.29) is 12.6 Å². The van der Waals surface area contributed by atoms with Crippen LogP contribution in [0.2, 0.25) is 5.15 Å². The van der Waals surface area contributed by atoms with Crippen molar-refractivity contribution in [3.8, 4) is 5.75 Å². The van der Waals surface area contributed by atoms with Gasteiger partial charge in [-0.25, -0.2) is 9.78 Å². The molecule has 1 aromatic heterocycles. The van der Waals surface area contributed by atoms with Crippen molar-refractivity contribution in [2.75, 3.05) is 7.11 Å². The number of aromatic nitrogens is 2. The highest BCUT2D eigenvalue weighted by Gasteiger charge is 2.22. The molecule has 0 amide bonds. The van der Waals surface area contributed by atoms with Gasteiger partial charge in [0.1, 0.15) is 11.6 Å². The van der Waals surface area contributed by atoms with Crippen LogP contribution in [0.25, 0.3) is 0 Å². The van der Waals surface area contributed by atoms with Crippen molar-refractivity contribution >= 4 is 17.6 Å². The molecule has 0 fully saturated rings. The summed E-state index contributed by atoms with van der Waals surface area (Å²) in [5, 5.41) is 10.1. The number of unbranched alkanes of at least 4 members (excludes halogenated alkanes) is 1. The van der Waals surface area contributed by atoms with Gasteiger partial charge in [0.15, 0.2) is 11.3 Å². The zero-order chi connectivity index (χ0) is 21.4. The van der Waals surface area contributed by atoms with Crippen LogP contribution >= 0.6 is 11.6 Å². The number of aliphatic hydroxyl groups is 1. The van der Waals surface area contributed by atoms with Crippen LogP contribution in [-0.4, -0.2) is 33.8 Å². The molecule has 0 aliphatic rings. The highest BCUT2D eigenvalue weighted by molar-refractivity contribution is 6.30. The third kappa shape index (κ3) is 6.47. The van der Waals surface area contributed by atoms with Gasteiger partial charge in [0, 0.05) is 13.0 Å². The van der Waals surface area contributed by atoms with Crippen LogP contribution in [0, 0.1) is 5.92 Å². The lowest BCUT2D eigenvalue weighted by molar-refractivity contribution is -0.149. The van der Waals surface area contributed by atoms with Gasteiger partial charge in [0.25, 0.3) is 0 Å². The molecule has 1 N–H and O–H groups in total. The monoisotopic (exact) mass is 422 g/mol. The summed E-state index contributed by atoms with van der Waals surface area (Å²) in [7, 11) is 1.37. The number of halogens is 1. The molecule has 0 aliphatic carbocycles. The molecule has 2 aromatic rings. The molecule has 2 rings (SSSR count). The van der Waals surface area contributed by atoms with Crippen molar-refractivity contribution in [1.29, 1.82) is 0 Å². The molecule has 0 spiro atoms. The minimum Gasteiger partial charge on any atom is -0.479 e. The fraction of sp³-hybridized carbons (Fsp3) is 0.545. The Morgan fingerprint density at radius 1 is 1.28 bits per heavy atom. The molecule has 1 atom stereocenters. The zero-order valence-corrected chi connectivity index (χ0v) is 18.4. The van der Waals surface area contributed by atoms with Crippen LogP contribution < -0.4 is 4.74 Å². The van der Waals surface area contributed by atoms with Crippen molar-refractivity contribution in [2.24, 2.45) is 5.92 Å². The Morgan fingerprint density at radius 3 is 2.52 bits per heavy atom. The molecule has 0 radical (unpaired) electrons. The molecule has 0 bridgehead atoms. The van der Waals surface area contributed by atoms with E-state index >= 15 is 0 Å². The lowest BCUT2D eigenvalue weighted by Crippen LogP contribution is -2.30. The van der Waals surface area contributed by atoms with Crippen molar-refractivity contribution < 1.29 is 19.4 Å². The summed E-state index contributed by atoms with van der Waals surface area (Å²) in [5.41, 5.74) is 1.65. The molecule has 1 aromatic carbocycles. The summed E-state index contributed by atoms with van der Waals surface area (Å²) in [6.07, 6.45) is 2.84. The van der Waals surface area contributed by atoms with E-state index in [9.17, 15) is 9.90 Å². The maximum Gasteiger partial charge on any atom is 0.347 e. The molecular formula is C22H31ClN2O4. The molecule has 29 heavy (non-hydrogen) atoms. The van der Waals surface area contributed by atoms with E-state index < -0.39 is 6.10 Å². The summed E-state index contributed by atoms with van der Waals surface area (Å²) >= 11 is 6.21. The first-order chi connectivity index (χ1) is 13.9. The molecule has 1 heterocycles. The number of aryl methyl sites for hydroxylation is 1. The average Bonchev–Trinajstić information content (AvgIpc) is 3.00. The Hall–Kier alpha value is -2.05. The highest BCUT2D eigenvalue weighted by atomic mass is 35.5. The number of carbonyl (C=O) groups excluding carboxylic acids is 1. The number of carbonyl (C=O) groups is 1. The second kappa shape index (κ2) is 11.2. The topological polar surface area (TPSA) is 73.6 Å². The molecule has 6 nitrogen and oxygen atoms in total. The number of methoxy groups -OCH3 is 1. The van der Waals surface area contributed by atoms with Gasteiger partial charge < -0.3 is 19.1 Å². The molecular weight excluding hydrogens is 392 g/mol. The van der Waals surface area contributed by atoms with Crippen LogP contribution in [0.1, 0.15) is 57.1 Å². The molecule has 0 aliphatic heterocycles. The Balaban J connectivity index is 2.15. The smallest absolute Gasteiger partial charge is 0.347 e. The number of ether oxygens (including phenoxy) is 2. The van der Waals surface area contributed by atoms with Gasteiger partial charge in [-0.3, -0.25) is 0 Å². The molecule has 0 saturated heterocycles. The normalized spacial score (nSPS) is 12.2. The summed E-state index contributed by atoms with van der Waals surface area (Å²) in [6.45, 7) is 6.60. The van der Waals surface area contributed by atoms with Crippen LogP contribution in [-0.2, 0) is 29.1 Å². The van der Waals surface area contributed by atoms with E-state index in [1.54, 1.807) is 0 Å². The van der Waals surface area contributed by atoms with E-state index in [0.29, 0.717) is 35.5 Å². The summed E-state index contributed by atoms with van der Waals surface area (Å²) < 4.78 is 12.7. The lowest BCUT2D eigenvalue weighted by atomic mass is 10.1. The van der Waals surface area contributed by atoms with Crippen molar-refractivity contribution in [1.82, 2.24) is 9.55 Å². The minimum atomic E-state index is -0.625. The Morgan fingerprint density at radius 2 is 1.97 bits per heavy atom. The summed E-state index contributed by atoms with van der Waals surface area (Å²) in [6, 6.07) is 7.57. The minimum absolute atomic E-state index is 0.158. The Bertz CT molecular complexity index is 787. The van der Waals surface area contributed by atoms with E-state index in [0.717, 1.165) is 30.7 Å². The largest absolute Gasteiger partial charge is 0.479 e. The van der Waals surface area contributed by atoms with Gasteiger partial charge in [0.05, 0.1) is 19.4 Å². The number of imidazole rings is 1. The first-order valence-electron chi connectivity index (χ1n) is 10.1. The van der Waals surface area contributed by atoms with E-state index in [4.69, 9.17) is 21.1 Å². The molecule has 0 saturated carbocycles. The Kier molecular flexibility index (Phi) is 8.99. The van der Waals surface area contributed by atoms with Crippen molar-refractivity contribution in [3.05, 3.63) is 46.5 Å². The van der Waals surface area contributed by atoms with E-state index in [1.807, 2.05) is 42.7 Å². The quantitative estimate of drug-likeness (QED) is 0.544. The fourth-order valence-electron chi connectivity index (χ4n) is 3.14. The highest BCUT2D eigenvalue weighted by Crippen LogP contribution is 2.23. The van der Waals surface area contributed by atoms with Crippen LogP contribution in [0.3, 0.4) is 0 Å². The van der Waals surface area contributed by atoms with Gasteiger partial charge in [-0.05, 0) is 36.5 Å². The molecule has 160 valence electrons. The maximum atomic E-state index is 12.0. The predicted molar refractivity (Wildman–Crippen MR) is 113 cm³/mol. The van der Waals surface area contributed by atoms with Gasteiger partial charge in [-0.15, -0.1) is 0 Å². The first kappa shape index (κ1) is 23.2. The van der Waals surface area contributed by atoms with Gasteiger partial charge in [0.2, 0.25) is 0 Å². The Labute approximate surface area is 177 Å². The first-order valence-corrected chi connectivity index (χ1v) is 10.4. The number of aliphatic hydroxyl groups excluding tert-OH is 1. The van der Waals surface area contributed by atoms with Gasteiger partial charge in [-0.2, -0.15) is 0 Å². The standard InChI is InChI=1S/C22H31ClN2O4/c1-5-6-7-20-24-21(23)18(14-26)25(20)13-16-8-10-17(11-9-16)29-19(12-15(2)3)22(27)28-4/h8-11,15,19,26H,5-7,12-14H2,1-4H3. The van der Waals surface area contributed by atoms with Crippen molar-refractivity contribution in [2.45, 2.75) is 65.7 Å². The van der Waals surface area contributed by atoms with E-state index in [2.05, 4.69) is 11.9 Å². The number of hydrogen-bond acceptors (Lipinski definition) is 5. The van der Waals surface area contributed by atoms with E-state index in [1.165, 1.54) is 7.11 Å². The maximum absolute atomic E-state index is 12.0. The van der Waals surface area contributed by atoms with Gasteiger partial charge in [-0.1, -0.05) is 50.9 Å². The van der Waals surface area contributed by atoms with Crippen molar-refractivity contribution in [3.63, 3.8) is 0 Å². The lowest BCUT2D eigenvalue weighted by Gasteiger charge is -2.19. The van der Waals surface area contributed by atoms with Crippen LogP contribution in [0.15, 0.2) is 24.3 Å². The SMILES string of the molecule is CCCCc1nc(Cl)c(CO)n1Cc1ccc(OC(CC(C)C)C(=O)OC)cc1. The second-order valence-corrected chi connectivity index (χ2v) is 7.87. The third-order valence-electron chi connectivity index (χ3n) is 4.70. The average molecular weight is 423 g/mol. The number of nitrogens with zero attached hydrogens (tertiary/aromatic N) is 2. The number of esters is 1. The second-order valence-electron chi connectivity index (χ2n) is 7.52. The summed E-state index contributed by atoms with van der Waals surface area (Å²) in [4.78, 5) is 16.4. The van der Waals surface area contributed by atoms with Gasteiger partial charge >= 0.3 is 5.97 Å². The predicted octanol–water partition coefficient (Wildman–Crippen LogP) is 4.39. The van der Waals surface area contributed by atoms with Crippen LogP contribution in [0.5, 0.6) is 5.75 Å². The molecule has 7 heteroatoms. The summed E-state index contributed by atoms with van der Waals surface area (Å²) in [5.74, 6) is 1.43. The molecule has 1 unspecified atom stereocenters. The fourth-order valence-corrected chi connectivity index (χ4v) is 3.40. The number of rotatable bonds is 11.